The number of nitrogens with one attached hydrogen (secondary N) is 2. The average molecular weight is 348 g/mol. The Balaban J connectivity index is 1.97. The van der Waals surface area contributed by atoms with Crippen LogP contribution in [-0.2, 0) is 25.6 Å². The molecule has 0 bridgehead atoms. The Labute approximate surface area is 144 Å². The molecule has 1 aromatic rings. The summed E-state index contributed by atoms with van der Waals surface area (Å²) in [7, 11) is 0. The number of aliphatic hydroxyl groups excluding tert-OH is 1. The Morgan fingerprint density at radius 1 is 1.28 bits per heavy atom. The van der Waals surface area contributed by atoms with Gasteiger partial charge in [0, 0.05) is 0 Å². The Morgan fingerprint density at radius 3 is 2.60 bits per heavy atom. The lowest BCUT2D eigenvalue weighted by Gasteiger charge is -2.28. The summed E-state index contributed by atoms with van der Waals surface area (Å²) in [4.78, 5) is 48.3. The first-order valence-corrected chi connectivity index (χ1v) is 7.74. The molecule has 5 N–H and O–H groups in total. The maximum Gasteiger partial charge on any atom is 0.254 e. The zero-order valence-electron chi connectivity index (χ0n) is 13.5. The average Bonchev–Trinajstić information content (AvgIpc) is 2.61. The maximum absolute atomic E-state index is 12.3. The van der Waals surface area contributed by atoms with E-state index in [2.05, 4.69) is 10.6 Å². The van der Waals surface area contributed by atoms with Crippen LogP contribution in [0.3, 0.4) is 0 Å². The van der Waals surface area contributed by atoms with E-state index in [1.807, 2.05) is 30.3 Å². The van der Waals surface area contributed by atoms with E-state index in [0.717, 1.165) is 5.56 Å². The monoisotopic (exact) mass is 348 g/mol. The minimum Gasteiger partial charge on any atom is -0.394 e. The van der Waals surface area contributed by atoms with Gasteiger partial charge < -0.3 is 21.5 Å². The van der Waals surface area contributed by atoms with Crippen molar-refractivity contribution >= 4 is 23.6 Å². The summed E-state index contributed by atoms with van der Waals surface area (Å²) in [5.41, 5.74) is 6.68. The van der Waals surface area contributed by atoms with Crippen molar-refractivity contribution in [3.8, 4) is 0 Å². The quantitative estimate of drug-likeness (QED) is 0.448. The van der Waals surface area contributed by atoms with Crippen LogP contribution in [-0.4, -0.2) is 65.4 Å². The summed E-state index contributed by atoms with van der Waals surface area (Å²) in [6.45, 7) is -1.46. The number of aliphatic hydroxyl groups is 1. The Hall–Kier alpha value is -2.78. The molecule has 1 aliphatic heterocycles. The summed E-state index contributed by atoms with van der Waals surface area (Å²) >= 11 is 0. The molecule has 1 heterocycles. The van der Waals surface area contributed by atoms with Gasteiger partial charge in [-0.25, -0.2) is 0 Å². The molecule has 9 heteroatoms. The number of carbonyl (C=O) groups excluding carboxylic acids is 4. The molecular formula is C16H20N4O5. The summed E-state index contributed by atoms with van der Waals surface area (Å²) in [5, 5.41) is 14.0. The van der Waals surface area contributed by atoms with Crippen molar-refractivity contribution in [2.45, 2.75) is 18.5 Å². The molecule has 0 spiro atoms. The fraction of sp³-hybridized carbons (Fsp3) is 0.375. The highest BCUT2D eigenvalue weighted by Gasteiger charge is 2.34. The van der Waals surface area contributed by atoms with E-state index < -0.39 is 48.9 Å². The van der Waals surface area contributed by atoms with E-state index in [0.29, 0.717) is 4.90 Å². The summed E-state index contributed by atoms with van der Waals surface area (Å²) in [6.07, 6.45) is 0.254. The number of nitrogens with zero attached hydrogens (tertiary/aromatic N) is 1. The van der Waals surface area contributed by atoms with E-state index in [1.54, 1.807) is 0 Å². The van der Waals surface area contributed by atoms with Crippen LogP contribution < -0.4 is 16.4 Å². The molecule has 4 amide bonds. The molecular weight excluding hydrogens is 328 g/mol. The molecule has 1 fully saturated rings. The second kappa shape index (κ2) is 8.36. The van der Waals surface area contributed by atoms with Crippen molar-refractivity contribution in [3.05, 3.63) is 35.9 Å². The minimum absolute atomic E-state index is 0.254. The van der Waals surface area contributed by atoms with E-state index in [9.17, 15) is 24.3 Å². The maximum atomic E-state index is 12.3. The van der Waals surface area contributed by atoms with Crippen LogP contribution in [0.2, 0.25) is 0 Å². The van der Waals surface area contributed by atoms with Gasteiger partial charge in [0.15, 0.2) is 0 Å². The number of hydrogen-bond donors (Lipinski definition) is 4. The Morgan fingerprint density at radius 2 is 1.96 bits per heavy atom. The SMILES string of the molecule is N[C@H](Cc1ccccc1)C(=O)N[C@H](CO)C(=O)N1CC(=O)NCC1=O. The van der Waals surface area contributed by atoms with Gasteiger partial charge in [0.05, 0.1) is 19.2 Å². The lowest BCUT2D eigenvalue weighted by Crippen LogP contribution is -2.60. The smallest absolute Gasteiger partial charge is 0.254 e. The van der Waals surface area contributed by atoms with Crippen LogP contribution in [0.4, 0.5) is 0 Å². The molecule has 0 aliphatic carbocycles. The normalized spacial score (nSPS) is 16.8. The van der Waals surface area contributed by atoms with Crippen LogP contribution in [0, 0.1) is 0 Å². The van der Waals surface area contributed by atoms with Crippen LogP contribution in [0.15, 0.2) is 30.3 Å². The minimum atomic E-state index is -1.34. The predicted octanol–water partition coefficient (Wildman–Crippen LogP) is -2.48. The molecule has 0 radical (unpaired) electrons. The molecule has 1 aliphatic rings. The number of imide groups is 1. The molecule has 0 saturated carbocycles. The molecule has 1 aromatic carbocycles. The van der Waals surface area contributed by atoms with Gasteiger partial charge in [-0.3, -0.25) is 24.1 Å². The van der Waals surface area contributed by atoms with Crippen molar-refractivity contribution in [1.82, 2.24) is 15.5 Å². The van der Waals surface area contributed by atoms with Crippen molar-refractivity contribution < 1.29 is 24.3 Å². The molecule has 0 aromatic heterocycles. The number of benzene rings is 1. The zero-order valence-corrected chi connectivity index (χ0v) is 13.5. The summed E-state index contributed by atoms with van der Waals surface area (Å²) in [6, 6.07) is 6.81. The lowest BCUT2D eigenvalue weighted by atomic mass is 10.1. The molecule has 9 nitrogen and oxygen atoms in total. The van der Waals surface area contributed by atoms with E-state index in [4.69, 9.17) is 5.73 Å². The molecule has 0 unspecified atom stereocenters. The largest absolute Gasteiger partial charge is 0.394 e. The topological polar surface area (TPSA) is 142 Å². The molecule has 2 atom stereocenters. The number of amides is 4. The van der Waals surface area contributed by atoms with Gasteiger partial charge in [0.2, 0.25) is 17.7 Å². The fourth-order valence-electron chi connectivity index (χ4n) is 2.37. The molecule has 1 saturated heterocycles. The van der Waals surface area contributed by atoms with E-state index in [-0.39, 0.29) is 13.0 Å². The van der Waals surface area contributed by atoms with Crippen LogP contribution in [0.25, 0.3) is 0 Å². The standard InChI is InChI=1S/C16H20N4O5/c17-11(6-10-4-2-1-3-5-10)15(24)19-12(9-21)16(25)20-8-13(22)18-7-14(20)23/h1-5,11-12,21H,6-9,17H2,(H,18,22)(H,19,24)/t11-,12-/m1/s1. The van der Waals surface area contributed by atoms with Crippen LogP contribution >= 0.6 is 0 Å². The van der Waals surface area contributed by atoms with Crippen molar-refractivity contribution in [1.29, 1.82) is 0 Å². The Bertz CT molecular complexity index is 664. The van der Waals surface area contributed by atoms with Gasteiger partial charge in [0.25, 0.3) is 5.91 Å². The third-order valence-electron chi connectivity index (χ3n) is 3.74. The highest BCUT2D eigenvalue weighted by molar-refractivity contribution is 6.05. The number of nitrogens with two attached hydrogens (primary N) is 1. The highest BCUT2D eigenvalue weighted by atomic mass is 16.3. The van der Waals surface area contributed by atoms with Crippen molar-refractivity contribution in [3.63, 3.8) is 0 Å². The first kappa shape index (κ1) is 18.6. The van der Waals surface area contributed by atoms with Gasteiger partial charge in [-0.05, 0) is 12.0 Å². The third kappa shape index (κ3) is 4.85. The molecule has 25 heavy (non-hydrogen) atoms. The van der Waals surface area contributed by atoms with Gasteiger partial charge in [-0.2, -0.15) is 0 Å². The van der Waals surface area contributed by atoms with Gasteiger partial charge in [-0.1, -0.05) is 30.3 Å². The first-order valence-electron chi connectivity index (χ1n) is 7.74. The highest BCUT2D eigenvalue weighted by Crippen LogP contribution is 2.04. The van der Waals surface area contributed by atoms with Crippen molar-refractivity contribution in [2.75, 3.05) is 19.7 Å². The van der Waals surface area contributed by atoms with Crippen LogP contribution in [0.1, 0.15) is 5.56 Å². The lowest BCUT2D eigenvalue weighted by molar-refractivity contribution is -0.153. The van der Waals surface area contributed by atoms with Gasteiger partial charge in [0.1, 0.15) is 12.6 Å². The van der Waals surface area contributed by atoms with Crippen molar-refractivity contribution in [2.24, 2.45) is 5.73 Å². The second-order valence-corrected chi connectivity index (χ2v) is 5.63. The van der Waals surface area contributed by atoms with Gasteiger partial charge in [-0.15, -0.1) is 0 Å². The first-order chi connectivity index (χ1) is 11.9. The molecule has 134 valence electrons. The predicted molar refractivity (Wildman–Crippen MR) is 86.9 cm³/mol. The Kier molecular flexibility index (Phi) is 6.20. The summed E-state index contributed by atoms with van der Waals surface area (Å²) in [5.74, 6) is -2.57. The third-order valence-corrected chi connectivity index (χ3v) is 3.74. The van der Waals surface area contributed by atoms with E-state index >= 15 is 0 Å². The second-order valence-electron chi connectivity index (χ2n) is 5.63. The zero-order chi connectivity index (χ0) is 18.4. The van der Waals surface area contributed by atoms with E-state index in [1.165, 1.54) is 0 Å². The summed E-state index contributed by atoms with van der Waals surface area (Å²) < 4.78 is 0. The number of carbonyl (C=O) groups is 4. The van der Waals surface area contributed by atoms with Crippen LogP contribution in [0.5, 0.6) is 0 Å². The number of rotatable bonds is 6. The van der Waals surface area contributed by atoms with Gasteiger partial charge >= 0.3 is 0 Å². The molecule has 2 rings (SSSR count). The fourth-order valence-corrected chi connectivity index (χ4v) is 2.37. The number of piperazine rings is 1. The number of hydrogen-bond acceptors (Lipinski definition) is 6.